The second-order valence-electron chi connectivity index (χ2n) is 4.28. The summed E-state index contributed by atoms with van der Waals surface area (Å²) >= 11 is 3.65. The Hall–Kier alpha value is -0.340. The highest BCUT2D eigenvalue weighted by molar-refractivity contribution is 9.10. The van der Waals surface area contributed by atoms with Crippen LogP contribution in [0.25, 0.3) is 0 Å². The van der Waals surface area contributed by atoms with Crippen LogP contribution in [0.1, 0.15) is 50.3 Å². The fraction of sp³-hybridized carbons (Fsp3) is 0.571. The van der Waals surface area contributed by atoms with Gasteiger partial charge in [0.25, 0.3) is 0 Å². The van der Waals surface area contributed by atoms with E-state index in [4.69, 9.17) is 0 Å². The van der Waals surface area contributed by atoms with Crippen molar-refractivity contribution in [3.63, 3.8) is 0 Å². The standard InChI is InChI=1S/C14H22BrN/c1-4-6-7-14(16-5-2)12-10-11(3)8-9-13(12)15/h8-10,14,16H,4-7H2,1-3H3. The molecule has 0 fully saturated rings. The molecule has 1 atom stereocenters. The third-order valence-corrected chi connectivity index (χ3v) is 3.55. The van der Waals surface area contributed by atoms with E-state index in [0.717, 1.165) is 6.54 Å². The fourth-order valence-corrected chi connectivity index (χ4v) is 2.48. The second kappa shape index (κ2) is 7.08. The summed E-state index contributed by atoms with van der Waals surface area (Å²) in [7, 11) is 0. The van der Waals surface area contributed by atoms with E-state index in [2.05, 4.69) is 60.2 Å². The highest BCUT2D eigenvalue weighted by Gasteiger charge is 2.12. The summed E-state index contributed by atoms with van der Waals surface area (Å²) in [5.41, 5.74) is 2.73. The van der Waals surface area contributed by atoms with E-state index in [1.807, 2.05) is 0 Å². The molecule has 1 N–H and O–H groups in total. The SMILES string of the molecule is CCCCC(NCC)c1cc(C)ccc1Br. The average Bonchev–Trinajstić information content (AvgIpc) is 2.28. The topological polar surface area (TPSA) is 12.0 Å². The molecule has 1 unspecified atom stereocenters. The predicted octanol–water partition coefficient (Wildman–Crippen LogP) is 4.60. The average molecular weight is 284 g/mol. The number of unbranched alkanes of at least 4 members (excludes halogenated alkanes) is 1. The van der Waals surface area contributed by atoms with E-state index in [1.54, 1.807) is 0 Å². The highest BCUT2D eigenvalue weighted by Crippen LogP contribution is 2.27. The van der Waals surface area contributed by atoms with Crippen molar-refractivity contribution in [2.24, 2.45) is 0 Å². The second-order valence-corrected chi connectivity index (χ2v) is 5.13. The van der Waals surface area contributed by atoms with Gasteiger partial charge in [0.05, 0.1) is 0 Å². The Morgan fingerprint density at radius 2 is 2.06 bits per heavy atom. The van der Waals surface area contributed by atoms with Gasteiger partial charge in [0.15, 0.2) is 0 Å². The summed E-state index contributed by atoms with van der Waals surface area (Å²) in [6, 6.07) is 7.07. The highest BCUT2D eigenvalue weighted by atomic mass is 79.9. The first kappa shape index (κ1) is 13.7. The molecule has 1 rings (SSSR count). The number of aryl methyl sites for hydroxylation is 1. The zero-order valence-corrected chi connectivity index (χ0v) is 12.1. The van der Waals surface area contributed by atoms with Crippen molar-refractivity contribution in [2.75, 3.05) is 6.54 Å². The van der Waals surface area contributed by atoms with E-state index in [0.29, 0.717) is 6.04 Å². The lowest BCUT2D eigenvalue weighted by molar-refractivity contribution is 0.493. The minimum Gasteiger partial charge on any atom is -0.310 e. The van der Waals surface area contributed by atoms with Crippen molar-refractivity contribution in [1.82, 2.24) is 5.32 Å². The molecular weight excluding hydrogens is 262 g/mol. The molecule has 0 aliphatic carbocycles. The van der Waals surface area contributed by atoms with Gasteiger partial charge in [0, 0.05) is 10.5 Å². The molecule has 0 saturated heterocycles. The Balaban J connectivity index is 2.85. The third kappa shape index (κ3) is 3.91. The lowest BCUT2D eigenvalue weighted by Gasteiger charge is -2.20. The Morgan fingerprint density at radius 1 is 1.31 bits per heavy atom. The monoisotopic (exact) mass is 283 g/mol. The van der Waals surface area contributed by atoms with Crippen molar-refractivity contribution in [2.45, 2.75) is 46.1 Å². The van der Waals surface area contributed by atoms with Crippen LogP contribution < -0.4 is 5.32 Å². The number of rotatable bonds is 6. The van der Waals surface area contributed by atoms with Gasteiger partial charge in [0.1, 0.15) is 0 Å². The largest absolute Gasteiger partial charge is 0.310 e. The van der Waals surface area contributed by atoms with Crippen molar-refractivity contribution in [1.29, 1.82) is 0 Å². The molecular formula is C14H22BrN. The maximum atomic E-state index is 3.65. The van der Waals surface area contributed by atoms with Crippen LogP contribution in [0.4, 0.5) is 0 Å². The molecule has 2 heteroatoms. The van der Waals surface area contributed by atoms with Crippen molar-refractivity contribution >= 4 is 15.9 Å². The molecule has 0 aromatic heterocycles. The normalized spacial score (nSPS) is 12.8. The maximum Gasteiger partial charge on any atom is 0.0331 e. The molecule has 90 valence electrons. The lowest BCUT2D eigenvalue weighted by Crippen LogP contribution is -2.21. The van der Waals surface area contributed by atoms with E-state index in [-0.39, 0.29) is 0 Å². The Bertz CT molecular complexity index is 323. The van der Waals surface area contributed by atoms with Gasteiger partial charge in [0.2, 0.25) is 0 Å². The molecule has 0 amide bonds. The fourth-order valence-electron chi connectivity index (χ4n) is 1.95. The summed E-state index contributed by atoms with van der Waals surface area (Å²) in [5.74, 6) is 0. The Labute approximate surface area is 108 Å². The molecule has 0 heterocycles. The number of benzene rings is 1. The zero-order chi connectivity index (χ0) is 12.0. The predicted molar refractivity (Wildman–Crippen MR) is 74.8 cm³/mol. The Morgan fingerprint density at radius 3 is 2.69 bits per heavy atom. The van der Waals surface area contributed by atoms with Crippen LogP contribution in [-0.4, -0.2) is 6.54 Å². The van der Waals surface area contributed by atoms with Gasteiger partial charge >= 0.3 is 0 Å². The summed E-state index contributed by atoms with van der Waals surface area (Å²) in [6.45, 7) is 7.59. The first-order valence-electron chi connectivity index (χ1n) is 6.18. The van der Waals surface area contributed by atoms with Gasteiger partial charge in [-0.2, -0.15) is 0 Å². The van der Waals surface area contributed by atoms with Crippen LogP contribution in [-0.2, 0) is 0 Å². The van der Waals surface area contributed by atoms with Crippen LogP contribution in [0, 0.1) is 6.92 Å². The number of hydrogen-bond acceptors (Lipinski definition) is 1. The first-order chi connectivity index (χ1) is 7.69. The van der Waals surface area contributed by atoms with E-state index >= 15 is 0 Å². The van der Waals surface area contributed by atoms with E-state index in [9.17, 15) is 0 Å². The summed E-state index contributed by atoms with van der Waals surface area (Å²) in [4.78, 5) is 0. The van der Waals surface area contributed by atoms with Crippen LogP contribution in [0.5, 0.6) is 0 Å². The van der Waals surface area contributed by atoms with Gasteiger partial charge in [-0.3, -0.25) is 0 Å². The molecule has 0 radical (unpaired) electrons. The lowest BCUT2D eigenvalue weighted by atomic mass is 9.99. The summed E-state index contributed by atoms with van der Waals surface area (Å²) in [5, 5.41) is 3.57. The van der Waals surface area contributed by atoms with Crippen molar-refractivity contribution in [3.05, 3.63) is 33.8 Å². The molecule has 16 heavy (non-hydrogen) atoms. The zero-order valence-electron chi connectivity index (χ0n) is 10.5. The number of nitrogens with one attached hydrogen (secondary N) is 1. The van der Waals surface area contributed by atoms with Crippen LogP contribution in [0.3, 0.4) is 0 Å². The maximum absolute atomic E-state index is 3.65. The molecule has 0 spiro atoms. The number of halogens is 1. The minimum atomic E-state index is 0.485. The molecule has 1 aromatic carbocycles. The summed E-state index contributed by atoms with van der Waals surface area (Å²) in [6.07, 6.45) is 3.75. The van der Waals surface area contributed by atoms with Crippen molar-refractivity contribution in [3.8, 4) is 0 Å². The third-order valence-electron chi connectivity index (χ3n) is 2.82. The van der Waals surface area contributed by atoms with Gasteiger partial charge in [-0.25, -0.2) is 0 Å². The summed E-state index contributed by atoms with van der Waals surface area (Å²) < 4.78 is 1.22. The molecule has 1 nitrogen and oxygen atoms in total. The van der Waals surface area contributed by atoms with Crippen LogP contribution in [0.2, 0.25) is 0 Å². The van der Waals surface area contributed by atoms with Crippen LogP contribution in [0.15, 0.2) is 22.7 Å². The molecule has 0 bridgehead atoms. The van der Waals surface area contributed by atoms with Gasteiger partial charge in [-0.15, -0.1) is 0 Å². The van der Waals surface area contributed by atoms with E-state index < -0.39 is 0 Å². The first-order valence-corrected chi connectivity index (χ1v) is 6.97. The molecule has 0 aliphatic heterocycles. The van der Waals surface area contributed by atoms with Gasteiger partial charge < -0.3 is 5.32 Å². The minimum absolute atomic E-state index is 0.485. The molecule has 0 saturated carbocycles. The number of hydrogen-bond donors (Lipinski definition) is 1. The van der Waals surface area contributed by atoms with Gasteiger partial charge in [-0.1, -0.05) is 60.3 Å². The quantitative estimate of drug-likeness (QED) is 0.805. The molecule has 0 aliphatic rings. The molecule has 1 aromatic rings. The van der Waals surface area contributed by atoms with E-state index in [1.165, 1.54) is 34.9 Å². The van der Waals surface area contributed by atoms with Crippen molar-refractivity contribution < 1.29 is 0 Å². The smallest absolute Gasteiger partial charge is 0.0331 e. The van der Waals surface area contributed by atoms with Gasteiger partial charge in [-0.05, 0) is 31.5 Å². The van der Waals surface area contributed by atoms with Crippen LogP contribution >= 0.6 is 15.9 Å². The Kier molecular flexibility index (Phi) is 6.07.